The molecule has 1 heterocycles. The maximum Gasteiger partial charge on any atom is 0.317 e. The molecule has 124 valence electrons. The maximum absolute atomic E-state index is 12.1. The smallest absolute Gasteiger partial charge is 0.317 e. The van der Waals surface area contributed by atoms with Crippen LogP contribution < -0.4 is 10.5 Å². The Morgan fingerprint density at radius 2 is 1.96 bits per heavy atom. The summed E-state index contributed by atoms with van der Waals surface area (Å²) < 4.78 is 27.4. The number of benzene rings is 1. The van der Waals surface area contributed by atoms with Crippen LogP contribution in [0.15, 0.2) is 52.2 Å². The molecule has 0 spiro atoms. The Labute approximate surface area is 135 Å². The Hall–Kier alpha value is -2.32. The van der Waals surface area contributed by atoms with Gasteiger partial charge in [0.1, 0.15) is 0 Å². The number of carbonyl (C=O) groups excluding carboxylic acids is 1. The molecule has 23 heavy (non-hydrogen) atoms. The number of rotatable bonds is 5. The highest BCUT2D eigenvalue weighted by atomic mass is 32.2. The van der Waals surface area contributed by atoms with Gasteiger partial charge < -0.3 is 14.6 Å². The third kappa shape index (κ3) is 4.33. The number of hydrogen-bond acceptors (Lipinski definition) is 4. The third-order valence-electron chi connectivity index (χ3n) is 3.62. The predicted octanol–water partition coefficient (Wildman–Crippen LogP) is 1.83. The van der Waals surface area contributed by atoms with Gasteiger partial charge in [-0.2, -0.15) is 0 Å². The molecule has 0 aliphatic rings. The van der Waals surface area contributed by atoms with E-state index in [1.54, 1.807) is 37.8 Å². The lowest BCUT2D eigenvalue weighted by Gasteiger charge is -2.25. The molecule has 8 heteroatoms. The van der Waals surface area contributed by atoms with Gasteiger partial charge in [-0.05, 0) is 30.7 Å². The average molecular weight is 337 g/mol. The molecule has 0 bridgehead atoms. The number of hydrogen-bond donors (Lipinski definition) is 2. The van der Waals surface area contributed by atoms with Crippen LogP contribution in [-0.2, 0) is 16.6 Å². The Morgan fingerprint density at radius 3 is 2.48 bits per heavy atom. The topological polar surface area (TPSA) is 106 Å². The number of urea groups is 1. The summed E-state index contributed by atoms with van der Waals surface area (Å²) in [5.41, 5.74) is 1.68. The van der Waals surface area contributed by atoms with Crippen LogP contribution in [0.4, 0.5) is 4.79 Å². The highest BCUT2D eigenvalue weighted by Gasteiger charge is 2.18. The number of primary sulfonamides is 1. The van der Waals surface area contributed by atoms with Gasteiger partial charge in [-0.25, -0.2) is 18.4 Å². The second-order valence-corrected chi connectivity index (χ2v) is 6.75. The molecule has 0 radical (unpaired) electrons. The largest absolute Gasteiger partial charge is 0.472 e. The summed E-state index contributed by atoms with van der Waals surface area (Å²) in [7, 11) is -2.05. The summed E-state index contributed by atoms with van der Waals surface area (Å²) >= 11 is 0. The van der Waals surface area contributed by atoms with E-state index in [9.17, 15) is 13.2 Å². The minimum atomic E-state index is -3.72. The van der Waals surface area contributed by atoms with Gasteiger partial charge in [-0.15, -0.1) is 0 Å². The molecule has 1 aromatic carbocycles. The SMILES string of the molecule is C[C@@H](c1ccc(S(N)(=O)=O)cc1)N(C)C(=O)NCc1ccoc1. The van der Waals surface area contributed by atoms with Crippen LogP contribution in [0.5, 0.6) is 0 Å². The summed E-state index contributed by atoms with van der Waals surface area (Å²) in [6, 6.07) is 7.45. The van der Waals surface area contributed by atoms with Crippen LogP contribution in [0.1, 0.15) is 24.1 Å². The predicted molar refractivity (Wildman–Crippen MR) is 84.9 cm³/mol. The number of nitrogens with zero attached hydrogens (tertiary/aromatic N) is 1. The minimum Gasteiger partial charge on any atom is -0.472 e. The normalized spacial score (nSPS) is 12.7. The number of nitrogens with two attached hydrogens (primary N) is 1. The van der Waals surface area contributed by atoms with E-state index < -0.39 is 10.0 Å². The summed E-state index contributed by atoms with van der Waals surface area (Å²) in [6.45, 7) is 2.22. The van der Waals surface area contributed by atoms with Crippen molar-refractivity contribution in [3.8, 4) is 0 Å². The van der Waals surface area contributed by atoms with Gasteiger partial charge in [0.25, 0.3) is 0 Å². The van der Waals surface area contributed by atoms with E-state index >= 15 is 0 Å². The van der Waals surface area contributed by atoms with Crippen molar-refractivity contribution in [2.45, 2.75) is 24.4 Å². The Morgan fingerprint density at radius 1 is 1.30 bits per heavy atom. The number of nitrogens with one attached hydrogen (secondary N) is 1. The van der Waals surface area contributed by atoms with Crippen molar-refractivity contribution < 1.29 is 17.6 Å². The van der Waals surface area contributed by atoms with Crippen molar-refractivity contribution in [3.63, 3.8) is 0 Å². The molecule has 0 aliphatic carbocycles. The van der Waals surface area contributed by atoms with E-state index in [4.69, 9.17) is 9.56 Å². The number of amides is 2. The van der Waals surface area contributed by atoms with Crippen molar-refractivity contribution in [2.24, 2.45) is 5.14 Å². The summed E-state index contributed by atoms with van der Waals surface area (Å²) in [5.74, 6) is 0. The molecule has 0 aliphatic heterocycles. The van der Waals surface area contributed by atoms with E-state index in [1.165, 1.54) is 17.0 Å². The summed E-state index contributed by atoms with van der Waals surface area (Å²) in [4.78, 5) is 13.7. The molecule has 1 atom stereocenters. The fraction of sp³-hybridized carbons (Fsp3) is 0.267. The first-order chi connectivity index (χ1) is 10.8. The van der Waals surface area contributed by atoms with E-state index in [0.29, 0.717) is 6.54 Å². The second-order valence-electron chi connectivity index (χ2n) is 5.19. The van der Waals surface area contributed by atoms with E-state index in [1.807, 2.05) is 6.92 Å². The lowest BCUT2D eigenvalue weighted by atomic mass is 10.1. The monoisotopic (exact) mass is 337 g/mol. The van der Waals surface area contributed by atoms with Gasteiger partial charge in [-0.1, -0.05) is 12.1 Å². The molecule has 0 fully saturated rings. The van der Waals surface area contributed by atoms with Crippen molar-refractivity contribution in [3.05, 3.63) is 54.0 Å². The summed E-state index contributed by atoms with van der Waals surface area (Å²) in [5, 5.41) is 7.85. The zero-order chi connectivity index (χ0) is 17.0. The van der Waals surface area contributed by atoms with Crippen LogP contribution in [-0.4, -0.2) is 26.4 Å². The Balaban J connectivity index is 2.00. The van der Waals surface area contributed by atoms with Crippen LogP contribution in [0, 0.1) is 0 Å². The first-order valence-electron chi connectivity index (χ1n) is 6.93. The first-order valence-corrected chi connectivity index (χ1v) is 8.48. The van der Waals surface area contributed by atoms with E-state index in [2.05, 4.69) is 5.32 Å². The zero-order valence-corrected chi connectivity index (χ0v) is 13.7. The Kier molecular flexibility index (Phi) is 5.07. The summed E-state index contributed by atoms with van der Waals surface area (Å²) in [6.07, 6.45) is 3.11. The average Bonchev–Trinajstić information content (AvgIpc) is 3.04. The number of furan rings is 1. The van der Waals surface area contributed by atoms with Crippen LogP contribution in [0.3, 0.4) is 0 Å². The van der Waals surface area contributed by atoms with Gasteiger partial charge in [0.2, 0.25) is 10.0 Å². The quantitative estimate of drug-likeness (QED) is 0.868. The van der Waals surface area contributed by atoms with Crippen molar-refractivity contribution in [1.29, 1.82) is 0 Å². The van der Waals surface area contributed by atoms with Gasteiger partial charge in [0.05, 0.1) is 23.5 Å². The molecule has 0 saturated heterocycles. The standard InChI is InChI=1S/C15H19N3O4S/c1-11(13-3-5-14(6-4-13)23(16,20)21)18(2)15(19)17-9-12-7-8-22-10-12/h3-8,10-11H,9H2,1-2H3,(H,17,19)(H2,16,20,21)/t11-/m0/s1. The molecule has 0 unspecified atom stereocenters. The van der Waals surface area contributed by atoms with Crippen molar-refractivity contribution in [1.82, 2.24) is 10.2 Å². The maximum atomic E-state index is 12.1. The van der Waals surface area contributed by atoms with E-state index in [-0.39, 0.29) is 17.0 Å². The minimum absolute atomic E-state index is 0.0421. The van der Waals surface area contributed by atoms with E-state index in [0.717, 1.165) is 11.1 Å². The highest BCUT2D eigenvalue weighted by molar-refractivity contribution is 7.89. The molecule has 2 rings (SSSR count). The molecule has 7 nitrogen and oxygen atoms in total. The number of carbonyl (C=O) groups is 1. The fourth-order valence-electron chi connectivity index (χ4n) is 2.03. The molecule has 1 aromatic heterocycles. The zero-order valence-electron chi connectivity index (χ0n) is 12.9. The van der Waals surface area contributed by atoms with Crippen molar-refractivity contribution in [2.75, 3.05) is 7.05 Å². The lowest BCUT2D eigenvalue weighted by Crippen LogP contribution is -2.38. The van der Waals surface area contributed by atoms with Gasteiger partial charge in [0, 0.05) is 19.2 Å². The second kappa shape index (κ2) is 6.84. The Bertz CT molecular complexity index is 755. The molecular weight excluding hydrogens is 318 g/mol. The van der Waals surface area contributed by atoms with Gasteiger partial charge in [-0.3, -0.25) is 0 Å². The molecule has 3 N–H and O–H groups in total. The fourth-order valence-corrected chi connectivity index (χ4v) is 2.55. The molecule has 2 amide bonds. The van der Waals surface area contributed by atoms with Crippen LogP contribution >= 0.6 is 0 Å². The van der Waals surface area contributed by atoms with Crippen molar-refractivity contribution >= 4 is 16.1 Å². The van der Waals surface area contributed by atoms with Gasteiger partial charge in [0.15, 0.2) is 0 Å². The van der Waals surface area contributed by atoms with Crippen LogP contribution in [0.25, 0.3) is 0 Å². The van der Waals surface area contributed by atoms with Gasteiger partial charge >= 0.3 is 6.03 Å². The highest BCUT2D eigenvalue weighted by Crippen LogP contribution is 2.20. The lowest BCUT2D eigenvalue weighted by molar-refractivity contribution is 0.194. The molecular formula is C15H19N3O4S. The third-order valence-corrected chi connectivity index (χ3v) is 4.55. The molecule has 0 saturated carbocycles. The number of sulfonamides is 1. The van der Waals surface area contributed by atoms with Crippen LogP contribution in [0.2, 0.25) is 0 Å². The molecule has 2 aromatic rings. The first kappa shape index (κ1) is 17.0.